The zero-order chi connectivity index (χ0) is 42.1. The summed E-state index contributed by atoms with van der Waals surface area (Å²) in [7, 11) is 1.50. The molecule has 0 amide bonds. The van der Waals surface area contributed by atoms with Crippen LogP contribution in [-0.4, -0.2) is 74.9 Å². The van der Waals surface area contributed by atoms with E-state index in [0.717, 1.165) is 38.5 Å². The van der Waals surface area contributed by atoms with E-state index in [1.807, 2.05) is 21.1 Å². The average molecular weight is 833 g/mol. The molecule has 0 fully saturated rings. The topological polar surface area (TPSA) is 108 Å². The number of rotatable bonds is 45. The standard InChI is InChI=1S/C47H94NO8P/c1-6-8-10-12-14-16-18-20-21-22-23-24-25-26-28-29-31-33-35-37-39-46(49)53-43-45(44-55-57(51,52)54-42-41-48(3,4)5)56-47(50)40-38-36-34-32-30-27-19-17-15-13-11-9-7-2/h45H,6-44H2,1-5H3/p+1. The molecule has 10 heteroatoms. The van der Waals surface area contributed by atoms with Crippen molar-refractivity contribution in [3.05, 3.63) is 0 Å². The van der Waals surface area contributed by atoms with Crippen molar-refractivity contribution < 1.29 is 42.1 Å². The lowest BCUT2D eigenvalue weighted by Gasteiger charge is -2.24. The van der Waals surface area contributed by atoms with Crippen molar-refractivity contribution in [2.75, 3.05) is 47.5 Å². The quantitative estimate of drug-likeness (QED) is 0.0280. The predicted molar refractivity (Wildman–Crippen MR) is 238 cm³/mol. The molecule has 57 heavy (non-hydrogen) atoms. The second kappa shape index (κ2) is 40.4. The van der Waals surface area contributed by atoms with Crippen LogP contribution >= 0.6 is 7.82 Å². The van der Waals surface area contributed by atoms with Gasteiger partial charge in [-0.15, -0.1) is 0 Å². The van der Waals surface area contributed by atoms with Crippen molar-refractivity contribution in [1.29, 1.82) is 0 Å². The molecule has 0 saturated heterocycles. The van der Waals surface area contributed by atoms with Crippen molar-refractivity contribution in [2.45, 2.75) is 245 Å². The third-order valence-electron chi connectivity index (χ3n) is 10.9. The first-order valence-electron chi connectivity index (χ1n) is 24.3. The molecular formula is C47H95NO8P+. The maximum atomic E-state index is 12.7. The molecule has 0 aromatic heterocycles. The lowest BCUT2D eigenvalue weighted by atomic mass is 10.0. The average Bonchev–Trinajstić information content (AvgIpc) is 3.16. The maximum Gasteiger partial charge on any atom is 0.472 e. The molecule has 340 valence electrons. The van der Waals surface area contributed by atoms with E-state index in [0.29, 0.717) is 17.4 Å². The molecule has 0 aliphatic carbocycles. The number of phosphoric ester groups is 1. The Hall–Kier alpha value is -0.990. The summed E-state index contributed by atoms with van der Waals surface area (Å²) in [5.74, 6) is -0.781. The van der Waals surface area contributed by atoms with E-state index in [2.05, 4.69) is 13.8 Å². The molecule has 0 spiro atoms. The number of hydrogen-bond donors (Lipinski definition) is 1. The van der Waals surface area contributed by atoms with Gasteiger partial charge < -0.3 is 18.9 Å². The lowest BCUT2D eigenvalue weighted by molar-refractivity contribution is -0.870. The molecule has 0 rings (SSSR count). The fraction of sp³-hybridized carbons (Fsp3) is 0.957. The summed E-state index contributed by atoms with van der Waals surface area (Å²) < 4.78 is 34.4. The first-order valence-corrected chi connectivity index (χ1v) is 25.8. The van der Waals surface area contributed by atoms with Gasteiger partial charge in [-0.25, -0.2) is 4.57 Å². The Balaban J connectivity index is 4.20. The number of likely N-dealkylation sites (N-methyl/N-ethyl adjacent to an activating group) is 1. The summed E-state index contributed by atoms with van der Waals surface area (Å²) in [5, 5.41) is 0. The van der Waals surface area contributed by atoms with Crippen LogP contribution in [0.15, 0.2) is 0 Å². The van der Waals surface area contributed by atoms with E-state index in [-0.39, 0.29) is 25.6 Å². The van der Waals surface area contributed by atoms with Crippen molar-refractivity contribution in [2.24, 2.45) is 0 Å². The summed E-state index contributed by atoms with van der Waals surface area (Å²) in [6, 6.07) is 0. The van der Waals surface area contributed by atoms with E-state index in [1.165, 1.54) is 173 Å². The first-order chi connectivity index (χ1) is 27.5. The molecule has 0 aliphatic heterocycles. The fourth-order valence-electron chi connectivity index (χ4n) is 7.08. The number of carbonyl (C=O) groups excluding carboxylic acids is 2. The summed E-state index contributed by atoms with van der Waals surface area (Å²) >= 11 is 0. The van der Waals surface area contributed by atoms with E-state index >= 15 is 0 Å². The number of hydrogen-bond acceptors (Lipinski definition) is 7. The predicted octanol–water partition coefficient (Wildman–Crippen LogP) is 14.0. The normalized spacial score (nSPS) is 13.4. The number of ether oxygens (including phenoxy) is 2. The molecule has 0 heterocycles. The van der Waals surface area contributed by atoms with Gasteiger partial charge in [-0.3, -0.25) is 18.6 Å². The van der Waals surface area contributed by atoms with Crippen LogP contribution in [-0.2, 0) is 32.7 Å². The number of quaternary nitrogens is 1. The zero-order valence-electron chi connectivity index (χ0n) is 38.4. The van der Waals surface area contributed by atoms with Crippen molar-refractivity contribution in [3.8, 4) is 0 Å². The Labute approximate surface area is 353 Å². The van der Waals surface area contributed by atoms with Gasteiger partial charge >= 0.3 is 19.8 Å². The molecule has 2 unspecified atom stereocenters. The molecule has 0 aromatic carbocycles. The highest BCUT2D eigenvalue weighted by molar-refractivity contribution is 7.47. The highest BCUT2D eigenvalue weighted by Gasteiger charge is 2.27. The first kappa shape index (κ1) is 56.0. The van der Waals surface area contributed by atoms with Gasteiger partial charge in [-0.05, 0) is 12.8 Å². The van der Waals surface area contributed by atoms with Crippen LogP contribution in [0.1, 0.15) is 239 Å². The van der Waals surface area contributed by atoms with E-state index < -0.39 is 26.5 Å². The molecule has 0 saturated carbocycles. The third-order valence-corrected chi connectivity index (χ3v) is 11.9. The van der Waals surface area contributed by atoms with Crippen LogP contribution < -0.4 is 0 Å². The maximum absolute atomic E-state index is 12.7. The van der Waals surface area contributed by atoms with E-state index in [4.69, 9.17) is 18.5 Å². The number of carbonyl (C=O) groups is 2. The van der Waals surface area contributed by atoms with Gasteiger partial charge in [0.05, 0.1) is 27.7 Å². The van der Waals surface area contributed by atoms with Gasteiger partial charge in [0.1, 0.15) is 19.8 Å². The Kier molecular flexibility index (Phi) is 39.7. The highest BCUT2D eigenvalue weighted by atomic mass is 31.2. The second-order valence-electron chi connectivity index (χ2n) is 17.9. The summed E-state index contributed by atoms with van der Waals surface area (Å²) in [5.41, 5.74) is 0. The Morgan fingerprint density at radius 3 is 1.12 bits per heavy atom. The van der Waals surface area contributed by atoms with E-state index in [1.54, 1.807) is 0 Å². The van der Waals surface area contributed by atoms with Crippen LogP contribution in [0.25, 0.3) is 0 Å². The molecule has 0 aromatic rings. The van der Waals surface area contributed by atoms with Crippen molar-refractivity contribution in [1.82, 2.24) is 0 Å². The van der Waals surface area contributed by atoms with Crippen molar-refractivity contribution in [3.63, 3.8) is 0 Å². The third kappa shape index (κ3) is 44.4. The molecule has 0 aliphatic rings. The largest absolute Gasteiger partial charge is 0.472 e. The molecule has 2 atom stereocenters. The Bertz CT molecular complexity index is 943. The number of esters is 2. The van der Waals surface area contributed by atoms with Crippen LogP contribution in [0.2, 0.25) is 0 Å². The summed E-state index contributed by atoms with van der Waals surface area (Å²) in [4.78, 5) is 35.4. The van der Waals surface area contributed by atoms with Crippen LogP contribution in [0.4, 0.5) is 0 Å². The van der Waals surface area contributed by atoms with Gasteiger partial charge in [0.25, 0.3) is 0 Å². The van der Waals surface area contributed by atoms with Crippen molar-refractivity contribution >= 4 is 19.8 Å². The smallest absolute Gasteiger partial charge is 0.462 e. The Morgan fingerprint density at radius 1 is 0.474 bits per heavy atom. The number of nitrogens with zero attached hydrogens (tertiary/aromatic N) is 1. The van der Waals surface area contributed by atoms with Crippen LogP contribution in [0.5, 0.6) is 0 Å². The van der Waals surface area contributed by atoms with Crippen LogP contribution in [0.3, 0.4) is 0 Å². The van der Waals surface area contributed by atoms with Gasteiger partial charge in [0.2, 0.25) is 0 Å². The van der Waals surface area contributed by atoms with Gasteiger partial charge in [0.15, 0.2) is 6.10 Å². The minimum absolute atomic E-state index is 0.0369. The summed E-state index contributed by atoms with van der Waals surface area (Å²) in [6.45, 7) is 4.47. The zero-order valence-corrected chi connectivity index (χ0v) is 39.2. The molecule has 0 radical (unpaired) electrons. The molecule has 9 nitrogen and oxygen atoms in total. The second-order valence-corrected chi connectivity index (χ2v) is 19.3. The fourth-order valence-corrected chi connectivity index (χ4v) is 7.82. The molecule has 0 bridgehead atoms. The SMILES string of the molecule is CCCCCCCCCCCCCCCCCCCCCCC(=O)OCC(COP(=O)(O)OCC[N+](C)(C)C)OC(=O)CCCCCCCCCCCCCCC. The highest BCUT2D eigenvalue weighted by Crippen LogP contribution is 2.43. The molecule has 1 N–H and O–H groups in total. The molecular weight excluding hydrogens is 737 g/mol. The van der Waals surface area contributed by atoms with Gasteiger partial charge in [-0.1, -0.05) is 213 Å². The monoisotopic (exact) mass is 833 g/mol. The Morgan fingerprint density at radius 2 is 0.789 bits per heavy atom. The minimum atomic E-state index is -4.37. The van der Waals surface area contributed by atoms with Gasteiger partial charge in [-0.2, -0.15) is 0 Å². The number of phosphoric acid groups is 1. The van der Waals surface area contributed by atoms with Crippen LogP contribution in [0, 0.1) is 0 Å². The van der Waals surface area contributed by atoms with E-state index in [9.17, 15) is 19.0 Å². The minimum Gasteiger partial charge on any atom is -0.462 e. The summed E-state index contributed by atoms with van der Waals surface area (Å²) in [6.07, 6.45) is 41.5. The lowest BCUT2D eigenvalue weighted by Crippen LogP contribution is -2.37. The van der Waals surface area contributed by atoms with Gasteiger partial charge in [0, 0.05) is 12.8 Å². The number of unbranched alkanes of at least 4 members (excludes halogenated alkanes) is 31.